The van der Waals surface area contributed by atoms with E-state index >= 15 is 0 Å². The van der Waals surface area contributed by atoms with E-state index in [0.717, 1.165) is 0 Å². The van der Waals surface area contributed by atoms with Gasteiger partial charge in [0, 0.05) is 29.6 Å². The van der Waals surface area contributed by atoms with Gasteiger partial charge in [-0.3, -0.25) is 9.59 Å². The number of benzene rings is 1. The van der Waals surface area contributed by atoms with Gasteiger partial charge in [0.25, 0.3) is 5.91 Å². The maximum absolute atomic E-state index is 12.0. The Labute approximate surface area is 141 Å². The average molecular weight is 354 g/mol. The SMILES string of the molecule is O=C(CCCNC(=O)c1ccsc1)Nc1ccc(OC(F)F)cc1. The number of amides is 2. The summed E-state index contributed by atoms with van der Waals surface area (Å²) in [5, 5.41) is 8.95. The molecule has 0 unspecified atom stereocenters. The van der Waals surface area contributed by atoms with E-state index in [1.165, 1.54) is 35.6 Å². The zero-order chi connectivity index (χ0) is 17.4. The zero-order valence-corrected chi connectivity index (χ0v) is 13.4. The Bertz CT molecular complexity index is 660. The van der Waals surface area contributed by atoms with Crippen LogP contribution in [0.5, 0.6) is 5.75 Å². The van der Waals surface area contributed by atoms with Crippen molar-refractivity contribution in [2.75, 3.05) is 11.9 Å². The number of thiophene rings is 1. The molecule has 1 aromatic heterocycles. The fourth-order valence-corrected chi connectivity index (χ4v) is 2.53. The summed E-state index contributed by atoms with van der Waals surface area (Å²) in [5.41, 5.74) is 1.10. The molecule has 1 heterocycles. The minimum atomic E-state index is -2.88. The highest BCUT2D eigenvalue weighted by atomic mass is 32.1. The van der Waals surface area contributed by atoms with Crippen molar-refractivity contribution in [2.45, 2.75) is 19.5 Å². The summed E-state index contributed by atoms with van der Waals surface area (Å²) in [6.45, 7) is -2.49. The van der Waals surface area contributed by atoms with Crippen LogP contribution < -0.4 is 15.4 Å². The zero-order valence-electron chi connectivity index (χ0n) is 12.6. The Morgan fingerprint density at radius 1 is 1.17 bits per heavy atom. The van der Waals surface area contributed by atoms with Gasteiger partial charge >= 0.3 is 6.61 Å². The number of carbonyl (C=O) groups excluding carboxylic acids is 2. The van der Waals surface area contributed by atoms with Crippen LogP contribution in [0.2, 0.25) is 0 Å². The Hall–Kier alpha value is -2.48. The maximum atomic E-state index is 12.0. The third-order valence-corrected chi connectivity index (χ3v) is 3.70. The number of anilines is 1. The number of nitrogens with one attached hydrogen (secondary N) is 2. The van der Waals surface area contributed by atoms with Gasteiger partial charge in [0.15, 0.2) is 0 Å². The molecule has 0 aliphatic heterocycles. The van der Waals surface area contributed by atoms with E-state index in [1.807, 2.05) is 5.38 Å². The first-order chi connectivity index (χ1) is 11.5. The molecule has 0 saturated heterocycles. The standard InChI is InChI=1S/C16H16F2N2O3S/c17-16(18)23-13-5-3-12(4-6-13)20-14(21)2-1-8-19-15(22)11-7-9-24-10-11/h3-7,9-10,16H,1-2,8H2,(H,19,22)(H,20,21). The lowest BCUT2D eigenvalue weighted by Gasteiger charge is -2.08. The van der Waals surface area contributed by atoms with Crippen molar-refractivity contribution >= 4 is 28.8 Å². The van der Waals surface area contributed by atoms with Gasteiger partial charge in [0.05, 0.1) is 0 Å². The van der Waals surface area contributed by atoms with Gasteiger partial charge in [0.2, 0.25) is 5.91 Å². The largest absolute Gasteiger partial charge is 0.435 e. The predicted octanol–water partition coefficient (Wildman–Crippen LogP) is 3.50. The molecule has 8 heteroatoms. The number of halogens is 2. The number of rotatable bonds is 8. The first-order valence-corrected chi connectivity index (χ1v) is 8.14. The smallest absolute Gasteiger partial charge is 0.387 e. The summed E-state index contributed by atoms with van der Waals surface area (Å²) < 4.78 is 28.3. The topological polar surface area (TPSA) is 67.4 Å². The molecule has 0 bridgehead atoms. The Kier molecular flexibility index (Phi) is 6.68. The minimum absolute atomic E-state index is 0.0270. The van der Waals surface area contributed by atoms with Gasteiger partial charge < -0.3 is 15.4 Å². The molecule has 2 rings (SSSR count). The number of carbonyl (C=O) groups is 2. The van der Waals surface area contributed by atoms with Crippen LogP contribution in [0, 0.1) is 0 Å². The molecule has 2 aromatic rings. The van der Waals surface area contributed by atoms with E-state index in [1.54, 1.807) is 11.4 Å². The summed E-state index contributed by atoms with van der Waals surface area (Å²) in [6.07, 6.45) is 0.730. The molecule has 0 spiro atoms. The molecule has 24 heavy (non-hydrogen) atoms. The fraction of sp³-hybridized carbons (Fsp3) is 0.250. The third kappa shape index (κ3) is 5.96. The van der Waals surface area contributed by atoms with E-state index in [9.17, 15) is 18.4 Å². The van der Waals surface area contributed by atoms with Gasteiger partial charge in [-0.2, -0.15) is 20.1 Å². The van der Waals surface area contributed by atoms with Gasteiger partial charge in [0.1, 0.15) is 5.75 Å². The molecule has 0 fully saturated rings. The second-order valence-electron chi connectivity index (χ2n) is 4.82. The number of hydrogen-bond donors (Lipinski definition) is 2. The molecule has 5 nitrogen and oxygen atoms in total. The molecule has 0 radical (unpaired) electrons. The van der Waals surface area contributed by atoms with E-state index in [0.29, 0.717) is 24.2 Å². The van der Waals surface area contributed by atoms with Crippen molar-refractivity contribution in [1.29, 1.82) is 0 Å². The summed E-state index contributed by atoms with van der Waals surface area (Å²) in [5.74, 6) is -0.354. The molecule has 1 aromatic carbocycles. The molecule has 2 amide bonds. The van der Waals surface area contributed by atoms with Crippen LogP contribution in [0.4, 0.5) is 14.5 Å². The highest BCUT2D eigenvalue weighted by Crippen LogP contribution is 2.17. The Morgan fingerprint density at radius 2 is 1.92 bits per heavy atom. The van der Waals surface area contributed by atoms with Crippen molar-refractivity contribution in [1.82, 2.24) is 5.32 Å². The molecule has 0 saturated carbocycles. The van der Waals surface area contributed by atoms with Crippen molar-refractivity contribution in [3.05, 3.63) is 46.7 Å². The molecular weight excluding hydrogens is 338 g/mol. The maximum Gasteiger partial charge on any atom is 0.387 e. The Balaban J connectivity index is 1.67. The van der Waals surface area contributed by atoms with Gasteiger partial charge in [-0.25, -0.2) is 0 Å². The second kappa shape index (κ2) is 8.97. The van der Waals surface area contributed by atoms with Crippen LogP contribution >= 0.6 is 11.3 Å². The molecule has 0 aliphatic carbocycles. The summed E-state index contributed by atoms with van der Waals surface area (Å²) in [4.78, 5) is 23.5. The number of ether oxygens (including phenoxy) is 1. The van der Waals surface area contributed by atoms with E-state index < -0.39 is 6.61 Å². The quantitative estimate of drug-likeness (QED) is 0.713. The second-order valence-corrected chi connectivity index (χ2v) is 5.60. The summed E-state index contributed by atoms with van der Waals surface area (Å²) in [6, 6.07) is 7.39. The molecule has 0 atom stereocenters. The Morgan fingerprint density at radius 3 is 2.54 bits per heavy atom. The van der Waals surface area contributed by atoms with Crippen LogP contribution in [0.15, 0.2) is 41.1 Å². The van der Waals surface area contributed by atoms with Crippen molar-refractivity contribution in [3.8, 4) is 5.75 Å². The lowest BCUT2D eigenvalue weighted by atomic mass is 10.2. The van der Waals surface area contributed by atoms with Gasteiger partial charge in [-0.05, 0) is 42.1 Å². The van der Waals surface area contributed by atoms with Crippen LogP contribution in [0.3, 0.4) is 0 Å². The van der Waals surface area contributed by atoms with Crippen molar-refractivity contribution < 1.29 is 23.1 Å². The fourth-order valence-electron chi connectivity index (χ4n) is 1.89. The number of alkyl halides is 2. The monoisotopic (exact) mass is 354 g/mol. The predicted molar refractivity (Wildman–Crippen MR) is 87.6 cm³/mol. The molecular formula is C16H16F2N2O3S. The van der Waals surface area contributed by atoms with Crippen molar-refractivity contribution in [3.63, 3.8) is 0 Å². The minimum Gasteiger partial charge on any atom is -0.435 e. The van der Waals surface area contributed by atoms with Gasteiger partial charge in [-0.15, -0.1) is 0 Å². The van der Waals surface area contributed by atoms with Crippen LogP contribution in [-0.2, 0) is 4.79 Å². The highest BCUT2D eigenvalue weighted by Gasteiger charge is 2.07. The molecule has 128 valence electrons. The summed E-state index contributed by atoms with van der Waals surface area (Å²) >= 11 is 1.44. The first-order valence-electron chi connectivity index (χ1n) is 7.20. The number of hydrogen-bond acceptors (Lipinski definition) is 4. The molecule has 2 N–H and O–H groups in total. The third-order valence-electron chi connectivity index (χ3n) is 3.01. The van der Waals surface area contributed by atoms with Gasteiger partial charge in [-0.1, -0.05) is 0 Å². The van der Waals surface area contributed by atoms with Crippen LogP contribution in [-0.4, -0.2) is 25.0 Å². The van der Waals surface area contributed by atoms with Crippen LogP contribution in [0.1, 0.15) is 23.2 Å². The molecule has 0 aliphatic rings. The highest BCUT2D eigenvalue weighted by molar-refractivity contribution is 7.08. The lowest BCUT2D eigenvalue weighted by molar-refractivity contribution is -0.116. The lowest BCUT2D eigenvalue weighted by Crippen LogP contribution is -2.25. The van der Waals surface area contributed by atoms with Crippen molar-refractivity contribution in [2.24, 2.45) is 0 Å². The van der Waals surface area contributed by atoms with Crippen LogP contribution in [0.25, 0.3) is 0 Å². The van der Waals surface area contributed by atoms with E-state index in [4.69, 9.17) is 0 Å². The average Bonchev–Trinajstić information content (AvgIpc) is 3.07. The van der Waals surface area contributed by atoms with E-state index in [2.05, 4.69) is 15.4 Å². The normalized spacial score (nSPS) is 10.5. The first kappa shape index (κ1) is 17.9. The van der Waals surface area contributed by atoms with E-state index in [-0.39, 0.29) is 24.0 Å². The summed E-state index contributed by atoms with van der Waals surface area (Å²) in [7, 11) is 0.